The van der Waals surface area contributed by atoms with Gasteiger partial charge in [-0.2, -0.15) is 5.10 Å². The fraction of sp³-hybridized carbons (Fsp3) is 0.348. The van der Waals surface area contributed by atoms with Crippen LogP contribution in [0.3, 0.4) is 0 Å². The van der Waals surface area contributed by atoms with Gasteiger partial charge >= 0.3 is 0 Å². The minimum atomic E-state index is -0.957. The fourth-order valence-corrected chi connectivity index (χ4v) is 5.18. The van der Waals surface area contributed by atoms with E-state index in [2.05, 4.69) is 10.2 Å². The second kappa shape index (κ2) is 7.00. The number of carbonyl (C=O) groups excluding carboxylic acids is 1. The Kier molecular flexibility index (Phi) is 4.71. The van der Waals surface area contributed by atoms with Gasteiger partial charge in [-0.1, -0.05) is 19.9 Å². The zero-order chi connectivity index (χ0) is 21.7. The van der Waals surface area contributed by atoms with Gasteiger partial charge < -0.3 is 9.84 Å². The van der Waals surface area contributed by atoms with Crippen molar-refractivity contribution in [3.05, 3.63) is 71.3 Å². The molecular formula is C23H22F2N2O3. The predicted molar refractivity (Wildman–Crippen MR) is 107 cm³/mol. The molecule has 2 aliphatic carbocycles. The summed E-state index contributed by atoms with van der Waals surface area (Å²) in [7, 11) is 1.44. The SMILES string of the molecule is CO/C=C/C(O)=CC(=O)[C@@]12CC[C@@H](c3cc(-c4c(F)cccc4F)nnc31)C2(C)C. The van der Waals surface area contributed by atoms with E-state index >= 15 is 0 Å². The summed E-state index contributed by atoms with van der Waals surface area (Å²) in [5.74, 6) is -1.93. The Balaban J connectivity index is 1.84. The first-order valence-electron chi connectivity index (χ1n) is 9.71. The van der Waals surface area contributed by atoms with Crippen LogP contribution in [0.15, 0.2) is 48.4 Å². The molecule has 4 rings (SSSR count). The highest BCUT2D eigenvalue weighted by molar-refractivity contribution is 6.01. The van der Waals surface area contributed by atoms with Crippen molar-refractivity contribution in [1.82, 2.24) is 10.2 Å². The van der Waals surface area contributed by atoms with E-state index in [0.29, 0.717) is 12.1 Å². The van der Waals surface area contributed by atoms with Crippen LogP contribution in [0.25, 0.3) is 11.3 Å². The molecule has 2 atom stereocenters. The van der Waals surface area contributed by atoms with Crippen molar-refractivity contribution >= 4 is 5.78 Å². The molecule has 0 saturated heterocycles. The second-order valence-electron chi connectivity index (χ2n) is 8.32. The van der Waals surface area contributed by atoms with E-state index in [1.807, 2.05) is 13.8 Å². The van der Waals surface area contributed by atoms with Gasteiger partial charge in [-0.15, -0.1) is 5.10 Å². The number of ketones is 1. The highest BCUT2D eigenvalue weighted by Crippen LogP contribution is 2.67. The normalized spacial score (nSPS) is 24.3. The number of allylic oxidation sites excluding steroid dienone is 2. The summed E-state index contributed by atoms with van der Waals surface area (Å²) in [6.07, 6.45) is 5.05. The van der Waals surface area contributed by atoms with Crippen molar-refractivity contribution in [2.24, 2.45) is 5.41 Å². The third kappa shape index (κ3) is 2.68. The molecular weight excluding hydrogens is 390 g/mol. The van der Waals surface area contributed by atoms with Gasteiger partial charge in [-0.25, -0.2) is 8.78 Å². The molecule has 0 amide bonds. The first-order chi connectivity index (χ1) is 14.2. The van der Waals surface area contributed by atoms with Crippen LogP contribution in [0.2, 0.25) is 0 Å². The summed E-state index contributed by atoms with van der Waals surface area (Å²) in [6.45, 7) is 3.98. The minimum absolute atomic E-state index is 0.00871. The lowest BCUT2D eigenvalue weighted by Crippen LogP contribution is -2.42. The molecule has 0 unspecified atom stereocenters. The highest BCUT2D eigenvalue weighted by Gasteiger charge is 2.66. The van der Waals surface area contributed by atoms with Crippen LogP contribution in [0.1, 0.15) is 43.9 Å². The number of carbonyl (C=O) groups is 1. The number of hydrogen-bond acceptors (Lipinski definition) is 5. The van der Waals surface area contributed by atoms with E-state index in [0.717, 1.165) is 12.0 Å². The molecule has 0 aliphatic heterocycles. The molecule has 30 heavy (non-hydrogen) atoms. The lowest BCUT2D eigenvalue weighted by Gasteiger charge is -2.35. The van der Waals surface area contributed by atoms with E-state index in [-0.39, 0.29) is 28.7 Å². The number of aliphatic hydroxyl groups excluding tert-OH is 1. The van der Waals surface area contributed by atoms with Crippen molar-refractivity contribution in [3.8, 4) is 11.3 Å². The standard InChI is InChI=1S/C23H22F2N2O3/c1-22(2)15-7-9-23(22,19(29)11-13(28)8-10-30-3)21-14(15)12-18(26-27-21)20-16(24)5-4-6-17(20)25/h4-6,8,10-12,15,28H,7,9H2,1-3H3/b10-8+,13-11?/t15-,23-/m0/s1. The summed E-state index contributed by atoms with van der Waals surface area (Å²) in [6, 6.07) is 5.30. The van der Waals surface area contributed by atoms with Crippen LogP contribution in [0, 0.1) is 17.0 Å². The summed E-state index contributed by atoms with van der Waals surface area (Å²) >= 11 is 0. The Morgan fingerprint density at radius 1 is 1.27 bits per heavy atom. The topological polar surface area (TPSA) is 72.3 Å². The van der Waals surface area contributed by atoms with Gasteiger partial charge in [0.25, 0.3) is 0 Å². The van der Waals surface area contributed by atoms with Crippen LogP contribution in [-0.2, 0) is 14.9 Å². The molecule has 5 nitrogen and oxygen atoms in total. The Morgan fingerprint density at radius 3 is 2.63 bits per heavy atom. The van der Waals surface area contributed by atoms with Crippen LogP contribution in [0.5, 0.6) is 0 Å². The maximum atomic E-state index is 14.3. The number of fused-ring (bicyclic) bond motifs is 5. The van der Waals surface area contributed by atoms with Gasteiger partial charge in [0.05, 0.1) is 35.7 Å². The molecule has 2 bridgehead atoms. The first kappa shape index (κ1) is 20.2. The highest BCUT2D eigenvalue weighted by atomic mass is 19.1. The summed E-state index contributed by atoms with van der Waals surface area (Å²) in [5.41, 5.74) is -0.259. The Labute approximate surface area is 173 Å². The van der Waals surface area contributed by atoms with E-state index < -0.39 is 22.5 Å². The Hall–Kier alpha value is -3.09. The minimum Gasteiger partial charge on any atom is -0.508 e. The van der Waals surface area contributed by atoms with Crippen molar-refractivity contribution in [2.75, 3.05) is 7.11 Å². The smallest absolute Gasteiger partial charge is 0.172 e. The summed E-state index contributed by atoms with van der Waals surface area (Å²) < 4.78 is 33.3. The fourth-order valence-electron chi connectivity index (χ4n) is 5.18. The monoisotopic (exact) mass is 412 g/mol. The van der Waals surface area contributed by atoms with Crippen LogP contribution in [-0.4, -0.2) is 28.2 Å². The molecule has 0 spiro atoms. The number of aromatic nitrogens is 2. The van der Waals surface area contributed by atoms with Crippen molar-refractivity contribution in [2.45, 2.75) is 38.0 Å². The largest absolute Gasteiger partial charge is 0.508 e. The average Bonchev–Trinajstić information content (AvgIpc) is 3.08. The Morgan fingerprint density at radius 2 is 1.97 bits per heavy atom. The Bertz CT molecular complexity index is 1070. The molecule has 2 aliphatic rings. The maximum absolute atomic E-state index is 14.3. The summed E-state index contributed by atoms with van der Waals surface area (Å²) in [4.78, 5) is 13.3. The van der Waals surface area contributed by atoms with Gasteiger partial charge in [-0.05, 0) is 47.9 Å². The van der Waals surface area contributed by atoms with Crippen molar-refractivity contribution in [3.63, 3.8) is 0 Å². The van der Waals surface area contributed by atoms with E-state index in [9.17, 15) is 18.7 Å². The molecule has 7 heteroatoms. The third-order valence-electron chi connectivity index (χ3n) is 6.68. The molecule has 156 valence electrons. The van der Waals surface area contributed by atoms with Gasteiger partial charge in [0.1, 0.15) is 17.4 Å². The lowest BCUT2D eigenvalue weighted by molar-refractivity contribution is -0.123. The third-order valence-corrected chi connectivity index (χ3v) is 6.68. The zero-order valence-corrected chi connectivity index (χ0v) is 16.9. The van der Waals surface area contributed by atoms with Crippen LogP contribution >= 0.6 is 0 Å². The molecule has 1 aromatic heterocycles. The van der Waals surface area contributed by atoms with E-state index in [1.165, 1.54) is 43.7 Å². The number of hydrogen-bond donors (Lipinski definition) is 1. The van der Waals surface area contributed by atoms with Gasteiger partial charge in [0, 0.05) is 12.2 Å². The summed E-state index contributed by atoms with van der Waals surface area (Å²) in [5, 5.41) is 18.4. The molecule has 1 aromatic carbocycles. The number of nitrogens with zero attached hydrogens (tertiary/aromatic N) is 2. The predicted octanol–water partition coefficient (Wildman–Crippen LogP) is 4.75. The molecule has 1 heterocycles. The van der Waals surface area contributed by atoms with E-state index in [4.69, 9.17) is 4.74 Å². The average molecular weight is 412 g/mol. The van der Waals surface area contributed by atoms with Gasteiger partial charge in [0.15, 0.2) is 5.78 Å². The number of benzene rings is 1. The molecule has 1 fully saturated rings. The number of halogens is 2. The van der Waals surface area contributed by atoms with Crippen molar-refractivity contribution < 1.29 is 23.4 Å². The van der Waals surface area contributed by atoms with Gasteiger partial charge in [0.2, 0.25) is 0 Å². The number of methoxy groups -OCH3 is 1. The van der Waals surface area contributed by atoms with Crippen molar-refractivity contribution in [1.29, 1.82) is 0 Å². The maximum Gasteiger partial charge on any atom is 0.172 e. The van der Waals surface area contributed by atoms with Crippen LogP contribution < -0.4 is 0 Å². The lowest BCUT2D eigenvalue weighted by atomic mass is 9.65. The number of ether oxygens (including phenoxy) is 1. The molecule has 1 N–H and O–H groups in total. The quantitative estimate of drug-likeness (QED) is 0.436. The second-order valence-corrected chi connectivity index (χ2v) is 8.32. The van der Waals surface area contributed by atoms with E-state index in [1.54, 1.807) is 6.07 Å². The zero-order valence-electron chi connectivity index (χ0n) is 16.9. The number of rotatable bonds is 5. The number of aliphatic hydroxyl groups is 1. The molecule has 0 radical (unpaired) electrons. The molecule has 1 saturated carbocycles. The molecule has 2 aromatic rings. The van der Waals surface area contributed by atoms with Crippen LogP contribution in [0.4, 0.5) is 8.78 Å². The van der Waals surface area contributed by atoms with Gasteiger partial charge in [-0.3, -0.25) is 4.79 Å². The first-order valence-corrected chi connectivity index (χ1v) is 9.71.